The van der Waals surface area contributed by atoms with Gasteiger partial charge in [0.15, 0.2) is 6.29 Å². The van der Waals surface area contributed by atoms with E-state index in [0.717, 1.165) is 70.6 Å². The maximum atomic E-state index is 13.0. The third-order valence-corrected chi connectivity index (χ3v) is 18.4. The van der Waals surface area contributed by atoms with Crippen LogP contribution in [0.2, 0.25) is 0 Å². The molecule has 1 saturated heterocycles. The van der Waals surface area contributed by atoms with Crippen molar-refractivity contribution in [2.45, 2.75) is 423 Å². The van der Waals surface area contributed by atoms with Crippen LogP contribution in [0.3, 0.4) is 0 Å². The van der Waals surface area contributed by atoms with Gasteiger partial charge in [0.05, 0.1) is 32.0 Å². The SMILES string of the molecule is CCC/C=C/CC/C=C/CC/C=C/C(O)C(COC1OC(CO)C(O)C(O)C1O)NC(=O)CCCCCCCCCCCCCCCCCCC/C=C\CCCCCCCCCCCCCCCCCCCCOC(=O)CCCCCCCCCCCCCC. The Morgan fingerprint density at radius 1 is 0.400 bits per heavy atom. The molecule has 0 aromatic heterocycles. The number of carbonyl (C=O) groups excluding carboxylic acids is 2. The van der Waals surface area contributed by atoms with Crippen LogP contribution in [-0.4, -0.2) is 100 Å². The summed E-state index contributed by atoms with van der Waals surface area (Å²) in [4.78, 5) is 25.1. The Labute approximate surface area is 555 Å². The molecule has 11 heteroatoms. The third kappa shape index (κ3) is 56.0. The molecule has 0 spiro atoms. The molecule has 0 aliphatic carbocycles. The number of hydrogen-bond acceptors (Lipinski definition) is 10. The Morgan fingerprint density at radius 2 is 0.744 bits per heavy atom. The molecule has 528 valence electrons. The van der Waals surface area contributed by atoms with E-state index in [9.17, 15) is 35.1 Å². The van der Waals surface area contributed by atoms with Crippen LogP contribution in [-0.2, 0) is 23.8 Å². The molecule has 7 unspecified atom stereocenters. The molecule has 1 heterocycles. The molecule has 7 atom stereocenters. The normalized spacial score (nSPS) is 17.9. The van der Waals surface area contributed by atoms with Crippen LogP contribution in [0.4, 0.5) is 0 Å². The van der Waals surface area contributed by atoms with E-state index in [1.54, 1.807) is 6.08 Å². The minimum atomic E-state index is -1.58. The predicted molar refractivity (Wildman–Crippen MR) is 380 cm³/mol. The van der Waals surface area contributed by atoms with Crippen LogP contribution in [0.1, 0.15) is 380 Å². The second-order valence-electron chi connectivity index (χ2n) is 27.0. The Hall–Kier alpha value is -2.38. The summed E-state index contributed by atoms with van der Waals surface area (Å²) in [6.45, 7) is 4.29. The molecule has 0 radical (unpaired) electrons. The van der Waals surface area contributed by atoms with Gasteiger partial charge < -0.3 is 45.1 Å². The smallest absolute Gasteiger partial charge is 0.305 e. The lowest BCUT2D eigenvalue weighted by Gasteiger charge is -2.40. The van der Waals surface area contributed by atoms with Gasteiger partial charge in [-0.1, -0.05) is 339 Å². The number of aliphatic hydroxyl groups is 5. The highest BCUT2D eigenvalue weighted by Gasteiger charge is 2.44. The lowest BCUT2D eigenvalue weighted by molar-refractivity contribution is -0.302. The van der Waals surface area contributed by atoms with E-state index in [-0.39, 0.29) is 18.5 Å². The van der Waals surface area contributed by atoms with E-state index in [1.165, 1.54) is 283 Å². The monoisotopic (exact) mass is 1270 g/mol. The van der Waals surface area contributed by atoms with Gasteiger partial charge in [-0.15, -0.1) is 0 Å². The first-order valence-corrected chi connectivity index (χ1v) is 38.9. The topological polar surface area (TPSA) is 175 Å². The molecule has 0 aromatic rings. The van der Waals surface area contributed by atoms with Crippen LogP contribution in [0.15, 0.2) is 48.6 Å². The van der Waals surface area contributed by atoms with Crippen molar-refractivity contribution in [3.05, 3.63) is 48.6 Å². The van der Waals surface area contributed by atoms with Gasteiger partial charge in [-0.3, -0.25) is 9.59 Å². The number of carbonyl (C=O) groups is 2. The van der Waals surface area contributed by atoms with E-state index in [0.29, 0.717) is 19.4 Å². The molecular formula is C79H147NO10. The number of nitrogens with one attached hydrogen (secondary N) is 1. The number of allylic oxidation sites excluding steroid dienone is 7. The van der Waals surface area contributed by atoms with Crippen LogP contribution in [0.5, 0.6) is 0 Å². The quantitative estimate of drug-likeness (QED) is 0.0195. The average molecular weight is 1270 g/mol. The molecular weight excluding hydrogens is 1120 g/mol. The van der Waals surface area contributed by atoms with Gasteiger partial charge in [0.25, 0.3) is 0 Å². The summed E-state index contributed by atoms with van der Waals surface area (Å²) in [5, 5.41) is 54.4. The molecule has 0 bridgehead atoms. The molecule has 0 saturated carbocycles. The number of ether oxygens (including phenoxy) is 3. The highest BCUT2D eigenvalue weighted by atomic mass is 16.7. The van der Waals surface area contributed by atoms with E-state index in [4.69, 9.17) is 14.2 Å². The Morgan fingerprint density at radius 3 is 1.14 bits per heavy atom. The predicted octanol–water partition coefficient (Wildman–Crippen LogP) is 20.7. The first-order valence-electron chi connectivity index (χ1n) is 38.9. The van der Waals surface area contributed by atoms with Gasteiger partial charge in [-0.2, -0.15) is 0 Å². The molecule has 11 nitrogen and oxygen atoms in total. The number of rotatable bonds is 69. The molecule has 0 aromatic carbocycles. The van der Waals surface area contributed by atoms with Crippen molar-refractivity contribution in [2.75, 3.05) is 19.8 Å². The number of esters is 1. The first-order chi connectivity index (χ1) is 44.2. The summed E-state index contributed by atoms with van der Waals surface area (Å²) < 4.78 is 16.7. The van der Waals surface area contributed by atoms with Crippen molar-refractivity contribution < 1.29 is 49.3 Å². The van der Waals surface area contributed by atoms with Gasteiger partial charge in [-0.25, -0.2) is 0 Å². The van der Waals surface area contributed by atoms with Crippen LogP contribution in [0, 0.1) is 0 Å². The molecule has 6 N–H and O–H groups in total. The molecule has 1 amide bonds. The van der Waals surface area contributed by atoms with E-state index in [1.807, 2.05) is 6.08 Å². The number of hydrogen-bond donors (Lipinski definition) is 6. The fraction of sp³-hybridized carbons (Fsp3) is 0.873. The zero-order chi connectivity index (χ0) is 65.1. The molecule has 1 aliphatic rings. The summed E-state index contributed by atoms with van der Waals surface area (Å²) in [6, 6.07) is -0.831. The van der Waals surface area contributed by atoms with Crippen LogP contribution in [0.25, 0.3) is 0 Å². The maximum Gasteiger partial charge on any atom is 0.305 e. The van der Waals surface area contributed by atoms with Crippen LogP contribution < -0.4 is 5.32 Å². The van der Waals surface area contributed by atoms with Gasteiger partial charge in [0.1, 0.15) is 24.4 Å². The molecule has 90 heavy (non-hydrogen) atoms. The van der Waals surface area contributed by atoms with Crippen molar-refractivity contribution >= 4 is 11.9 Å². The summed E-state index contributed by atoms with van der Waals surface area (Å²) in [7, 11) is 0. The zero-order valence-corrected chi connectivity index (χ0v) is 58.9. The first kappa shape index (κ1) is 85.6. The van der Waals surface area contributed by atoms with Crippen LogP contribution >= 0.6 is 0 Å². The van der Waals surface area contributed by atoms with Crippen molar-refractivity contribution in [3.63, 3.8) is 0 Å². The maximum absolute atomic E-state index is 13.0. The van der Waals surface area contributed by atoms with Crippen molar-refractivity contribution in [1.29, 1.82) is 0 Å². The molecule has 1 rings (SSSR count). The molecule has 1 aliphatic heterocycles. The Balaban J connectivity index is 1.88. The van der Waals surface area contributed by atoms with E-state index in [2.05, 4.69) is 55.6 Å². The lowest BCUT2D eigenvalue weighted by Crippen LogP contribution is -2.60. The lowest BCUT2D eigenvalue weighted by atomic mass is 9.99. The van der Waals surface area contributed by atoms with Gasteiger partial charge in [-0.05, 0) is 77.0 Å². The minimum absolute atomic E-state index is 0.0175. The van der Waals surface area contributed by atoms with E-state index >= 15 is 0 Å². The second-order valence-corrected chi connectivity index (χ2v) is 27.0. The van der Waals surface area contributed by atoms with Gasteiger partial charge in [0.2, 0.25) is 5.91 Å². The third-order valence-electron chi connectivity index (χ3n) is 18.4. The fourth-order valence-electron chi connectivity index (χ4n) is 12.3. The minimum Gasteiger partial charge on any atom is -0.466 e. The average Bonchev–Trinajstić information content (AvgIpc) is 3.37. The standard InChI is InChI=1S/C79H147NO10/c1-3-5-7-9-11-13-15-47-51-55-59-63-67-75(84)88-68-64-60-56-52-48-44-42-40-38-36-34-32-30-28-26-24-22-20-18-16-17-19-21-23-25-27-29-31-33-35-37-39-41-43-46-50-54-58-62-66-74(83)80-71(70-89-79-78(87)77(86)76(85)73(69-81)90-79)72(82)65-61-57-53-49-45-14-12-10-8-6-4-2/h8,10,16-17,45,49,61,65,71-73,76-79,81-82,85-87H,3-7,9,11-15,18-44,46-48,50-60,62-64,66-70H2,1-2H3,(H,80,83)/b10-8+,17-16-,49-45+,65-61+. The highest BCUT2D eigenvalue weighted by molar-refractivity contribution is 5.76. The Kier molecular flexibility index (Phi) is 64.7. The second kappa shape index (κ2) is 68.0. The summed E-state index contributed by atoms with van der Waals surface area (Å²) in [5.41, 5.74) is 0. The largest absolute Gasteiger partial charge is 0.466 e. The zero-order valence-electron chi connectivity index (χ0n) is 58.9. The number of aliphatic hydroxyl groups excluding tert-OH is 5. The van der Waals surface area contributed by atoms with Crippen molar-refractivity contribution in [2.24, 2.45) is 0 Å². The van der Waals surface area contributed by atoms with Gasteiger partial charge >= 0.3 is 5.97 Å². The summed E-state index contributed by atoms with van der Waals surface area (Å²) in [5.74, 6) is -0.175. The number of amides is 1. The van der Waals surface area contributed by atoms with Crippen molar-refractivity contribution in [3.8, 4) is 0 Å². The number of unbranched alkanes of at least 4 members (excludes halogenated alkanes) is 49. The van der Waals surface area contributed by atoms with E-state index < -0.39 is 49.5 Å². The van der Waals surface area contributed by atoms with Gasteiger partial charge in [0, 0.05) is 12.8 Å². The highest BCUT2D eigenvalue weighted by Crippen LogP contribution is 2.24. The van der Waals surface area contributed by atoms with Crippen molar-refractivity contribution in [1.82, 2.24) is 5.32 Å². The summed E-state index contributed by atoms with van der Waals surface area (Å²) >= 11 is 0. The fourth-order valence-corrected chi connectivity index (χ4v) is 12.3. The Bertz CT molecular complexity index is 1630. The summed E-state index contributed by atoms with van der Waals surface area (Å²) in [6.07, 6.45) is 80.2. The molecule has 1 fully saturated rings.